The zero-order valence-corrected chi connectivity index (χ0v) is 18.1. The highest BCUT2D eigenvalue weighted by Gasteiger charge is 2.17. The van der Waals surface area contributed by atoms with Crippen molar-refractivity contribution in [2.75, 3.05) is 12.4 Å². The lowest BCUT2D eigenvalue weighted by atomic mass is 10.2. The van der Waals surface area contributed by atoms with Crippen molar-refractivity contribution in [2.45, 2.75) is 24.7 Å². The molecule has 1 unspecified atom stereocenters. The van der Waals surface area contributed by atoms with E-state index in [1.165, 1.54) is 17.3 Å². The largest absolute Gasteiger partial charge is 0.491 e. The first-order valence-electron chi connectivity index (χ1n) is 10.1. The van der Waals surface area contributed by atoms with Crippen LogP contribution in [-0.2, 0) is 6.54 Å². The van der Waals surface area contributed by atoms with Gasteiger partial charge in [0, 0.05) is 23.7 Å². The van der Waals surface area contributed by atoms with Crippen LogP contribution in [0.3, 0.4) is 0 Å². The first kappa shape index (κ1) is 21.1. The summed E-state index contributed by atoms with van der Waals surface area (Å²) >= 11 is 1.47. The van der Waals surface area contributed by atoms with Gasteiger partial charge >= 0.3 is 0 Å². The smallest absolute Gasteiger partial charge is 0.191 e. The fraction of sp³-hybridized carbons (Fsp3) is 0.208. The Labute approximate surface area is 186 Å². The molecule has 0 aliphatic heterocycles. The number of ether oxygens (including phenoxy) is 1. The third kappa shape index (κ3) is 5.71. The van der Waals surface area contributed by atoms with E-state index in [9.17, 15) is 5.11 Å². The van der Waals surface area contributed by atoms with Crippen molar-refractivity contribution in [3.63, 3.8) is 0 Å². The molecule has 31 heavy (non-hydrogen) atoms. The van der Waals surface area contributed by atoms with E-state index in [0.717, 1.165) is 27.9 Å². The van der Waals surface area contributed by atoms with Crippen LogP contribution in [0, 0.1) is 6.92 Å². The van der Waals surface area contributed by atoms with Crippen molar-refractivity contribution in [3.05, 3.63) is 90.3 Å². The topological polar surface area (TPSA) is 73.1 Å². The number of hydrogen-bond acceptors (Lipinski definition) is 6. The monoisotopic (exact) mass is 432 g/mol. The Morgan fingerprint density at radius 2 is 1.81 bits per heavy atom. The van der Waals surface area contributed by atoms with Crippen LogP contribution < -0.4 is 4.74 Å². The van der Waals surface area contributed by atoms with Crippen LogP contribution in [0.2, 0.25) is 0 Å². The van der Waals surface area contributed by atoms with Crippen LogP contribution >= 0.6 is 11.8 Å². The van der Waals surface area contributed by atoms with Crippen molar-refractivity contribution in [2.24, 2.45) is 0 Å². The Morgan fingerprint density at radius 1 is 1.00 bits per heavy atom. The zero-order valence-electron chi connectivity index (χ0n) is 17.3. The Hall–Kier alpha value is -3.16. The van der Waals surface area contributed by atoms with Crippen molar-refractivity contribution in [1.29, 1.82) is 0 Å². The first-order chi connectivity index (χ1) is 15.2. The molecule has 4 rings (SSSR count). The van der Waals surface area contributed by atoms with E-state index in [-0.39, 0.29) is 6.61 Å². The predicted molar refractivity (Wildman–Crippen MR) is 122 cm³/mol. The van der Waals surface area contributed by atoms with E-state index in [1.807, 2.05) is 61.5 Å². The van der Waals surface area contributed by atoms with Crippen molar-refractivity contribution < 1.29 is 9.84 Å². The van der Waals surface area contributed by atoms with Gasteiger partial charge in [-0.15, -0.1) is 10.2 Å². The maximum absolute atomic E-state index is 10.4. The third-order valence-electron chi connectivity index (χ3n) is 4.69. The number of aliphatic hydroxyl groups is 1. The number of thioether (sulfide) groups is 1. The molecule has 0 saturated carbocycles. The molecule has 2 heterocycles. The maximum atomic E-state index is 10.4. The second-order valence-corrected chi connectivity index (χ2v) is 8.20. The number of rotatable bonds is 9. The number of pyridine rings is 1. The van der Waals surface area contributed by atoms with Crippen LogP contribution in [0.1, 0.15) is 11.1 Å². The summed E-state index contributed by atoms with van der Waals surface area (Å²) < 4.78 is 7.76. The molecule has 1 N–H and O–H groups in total. The van der Waals surface area contributed by atoms with E-state index in [1.54, 1.807) is 12.4 Å². The molecule has 1 atom stereocenters. The predicted octanol–water partition coefficient (Wildman–Crippen LogP) is 4.23. The molecule has 6 nitrogen and oxygen atoms in total. The lowest BCUT2D eigenvalue weighted by Crippen LogP contribution is -2.20. The molecule has 0 bridgehead atoms. The van der Waals surface area contributed by atoms with Gasteiger partial charge in [0.25, 0.3) is 0 Å². The maximum Gasteiger partial charge on any atom is 0.191 e. The van der Waals surface area contributed by atoms with Crippen LogP contribution in [0.4, 0.5) is 0 Å². The van der Waals surface area contributed by atoms with Gasteiger partial charge in [-0.2, -0.15) is 0 Å². The summed E-state index contributed by atoms with van der Waals surface area (Å²) in [5, 5.41) is 20.0. The second kappa shape index (κ2) is 10.2. The fourth-order valence-electron chi connectivity index (χ4n) is 3.06. The minimum atomic E-state index is -0.630. The van der Waals surface area contributed by atoms with Gasteiger partial charge in [0.15, 0.2) is 11.0 Å². The molecule has 0 aliphatic rings. The molecular weight excluding hydrogens is 408 g/mol. The van der Waals surface area contributed by atoms with E-state index >= 15 is 0 Å². The molecule has 0 radical (unpaired) electrons. The quantitative estimate of drug-likeness (QED) is 0.399. The van der Waals surface area contributed by atoms with Crippen LogP contribution in [-0.4, -0.2) is 43.3 Å². The molecule has 0 saturated heterocycles. The summed E-state index contributed by atoms with van der Waals surface area (Å²) in [5.74, 6) is 1.96. The van der Waals surface area contributed by atoms with Gasteiger partial charge in [-0.1, -0.05) is 59.8 Å². The molecule has 0 amide bonds. The lowest BCUT2D eigenvalue weighted by Gasteiger charge is -2.13. The highest BCUT2D eigenvalue weighted by molar-refractivity contribution is 7.99. The summed E-state index contributed by atoms with van der Waals surface area (Å²) in [6, 6.07) is 21.8. The van der Waals surface area contributed by atoms with Gasteiger partial charge in [-0.25, -0.2) is 0 Å². The van der Waals surface area contributed by atoms with Crippen LogP contribution in [0.5, 0.6) is 5.75 Å². The summed E-state index contributed by atoms with van der Waals surface area (Å²) in [5.41, 5.74) is 3.23. The number of benzene rings is 2. The Balaban J connectivity index is 1.45. The number of aliphatic hydroxyl groups excluding tert-OH is 1. The Kier molecular flexibility index (Phi) is 6.96. The van der Waals surface area contributed by atoms with Gasteiger partial charge in [0.05, 0.1) is 12.6 Å². The van der Waals surface area contributed by atoms with E-state index in [2.05, 4.69) is 31.9 Å². The SMILES string of the molecule is Cc1ccc(OCC(O)CSc2nnc(-c3cccnc3)n2Cc2ccccc2)cc1. The van der Waals surface area contributed by atoms with Gasteiger partial charge in [0.2, 0.25) is 0 Å². The summed E-state index contributed by atoms with van der Waals surface area (Å²) in [6.07, 6.45) is 2.89. The second-order valence-electron chi connectivity index (χ2n) is 7.21. The highest BCUT2D eigenvalue weighted by atomic mass is 32.2. The minimum Gasteiger partial charge on any atom is -0.491 e. The van der Waals surface area contributed by atoms with Gasteiger partial charge in [0.1, 0.15) is 12.4 Å². The number of hydrogen-bond donors (Lipinski definition) is 1. The molecule has 2 aromatic carbocycles. The standard InChI is InChI=1S/C24H24N4O2S/c1-18-9-11-22(12-10-18)30-16-21(29)17-31-24-27-26-23(20-8-5-13-25-14-20)28(24)15-19-6-3-2-4-7-19/h2-14,21,29H,15-17H2,1H3. The van der Waals surface area contributed by atoms with Crippen molar-refractivity contribution in [3.8, 4) is 17.1 Å². The van der Waals surface area contributed by atoms with Crippen LogP contribution in [0.15, 0.2) is 84.3 Å². The average molecular weight is 433 g/mol. The normalized spacial score (nSPS) is 11.9. The molecule has 158 valence electrons. The Bertz CT molecular complexity index is 1090. The molecule has 4 aromatic rings. The van der Waals surface area contributed by atoms with Crippen molar-refractivity contribution in [1.82, 2.24) is 19.7 Å². The number of aromatic nitrogens is 4. The molecule has 7 heteroatoms. The summed E-state index contributed by atoms with van der Waals surface area (Å²) in [4.78, 5) is 4.21. The summed E-state index contributed by atoms with van der Waals surface area (Å²) in [7, 11) is 0. The van der Waals surface area contributed by atoms with Crippen molar-refractivity contribution >= 4 is 11.8 Å². The lowest BCUT2D eigenvalue weighted by molar-refractivity contribution is 0.126. The van der Waals surface area contributed by atoms with Gasteiger partial charge < -0.3 is 9.84 Å². The number of nitrogens with zero attached hydrogens (tertiary/aromatic N) is 4. The third-order valence-corrected chi connectivity index (χ3v) is 5.80. The molecule has 0 fully saturated rings. The molecule has 2 aromatic heterocycles. The van der Waals surface area contributed by atoms with E-state index in [4.69, 9.17) is 4.74 Å². The minimum absolute atomic E-state index is 0.221. The van der Waals surface area contributed by atoms with E-state index in [0.29, 0.717) is 12.3 Å². The number of aryl methyl sites for hydroxylation is 1. The first-order valence-corrected chi connectivity index (χ1v) is 11.1. The van der Waals surface area contributed by atoms with Gasteiger partial charge in [-0.05, 0) is 36.8 Å². The molecule has 0 spiro atoms. The summed E-state index contributed by atoms with van der Waals surface area (Å²) in [6.45, 7) is 2.88. The van der Waals surface area contributed by atoms with Gasteiger partial charge in [-0.3, -0.25) is 9.55 Å². The fourth-order valence-corrected chi connectivity index (χ4v) is 3.90. The Morgan fingerprint density at radius 3 is 2.55 bits per heavy atom. The highest BCUT2D eigenvalue weighted by Crippen LogP contribution is 2.25. The molecule has 0 aliphatic carbocycles. The zero-order chi connectivity index (χ0) is 21.5. The van der Waals surface area contributed by atoms with Crippen LogP contribution in [0.25, 0.3) is 11.4 Å². The molecular formula is C24H24N4O2S. The average Bonchev–Trinajstić information content (AvgIpc) is 3.21. The van der Waals surface area contributed by atoms with E-state index < -0.39 is 6.10 Å².